The van der Waals surface area contributed by atoms with E-state index in [4.69, 9.17) is 0 Å². The predicted molar refractivity (Wildman–Crippen MR) is 90.5 cm³/mol. The molecule has 2 heteroatoms. The smallest absolute Gasteiger partial charge is 0.0103 e. The molecule has 2 nitrogen and oxygen atoms in total. The fraction of sp³-hybridized carbons (Fsp3) is 1.00. The van der Waals surface area contributed by atoms with Crippen LogP contribution < -0.4 is 5.32 Å². The van der Waals surface area contributed by atoms with Gasteiger partial charge in [-0.25, -0.2) is 0 Å². The minimum absolute atomic E-state index is 0.713. The highest BCUT2D eigenvalue weighted by molar-refractivity contribution is 5.05. The fourth-order valence-corrected chi connectivity index (χ4v) is 5.87. The molecule has 0 heterocycles. The number of hydrogen-bond acceptors (Lipinski definition) is 2. The quantitative estimate of drug-likeness (QED) is 0.729. The van der Waals surface area contributed by atoms with Crippen LogP contribution in [-0.4, -0.2) is 36.6 Å². The zero-order valence-corrected chi connectivity index (χ0v) is 14.5. The van der Waals surface area contributed by atoms with Crippen LogP contribution in [0.25, 0.3) is 0 Å². The number of nitrogens with one attached hydrogen (secondary N) is 1. The Kier molecular flexibility index (Phi) is 5.27. The van der Waals surface area contributed by atoms with Crippen LogP contribution in [0.3, 0.4) is 0 Å². The molecular formula is C19H36N2. The standard InChI is InChI=1S/C19H36N2/c1-4-21(5-2)11-7-8-14(3)20-19-13-15-12-18(19)17-10-6-9-16(15)17/h14-20H,4-13H2,1-3H3. The van der Waals surface area contributed by atoms with Crippen molar-refractivity contribution < 1.29 is 0 Å². The summed E-state index contributed by atoms with van der Waals surface area (Å²) in [6, 6.07) is 1.57. The average molecular weight is 293 g/mol. The van der Waals surface area contributed by atoms with Crippen LogP contribution in [0.5, 0.6) is 0 Å². The molecule has 0 amide bonds. The van der Waals surface area contributed by atoms with Gasteiger partial charge in [0.25, 0.3) is 0 Å². The van der Waals surface area contributed by atoms with Crippen LogP contribution >= 0.6 is 0 Å². The summed E-state index contributed by atoms with van der Waals surface area (Å²) in [5, 5.41) is 4.01. The molecule has 0 saturated heterocycles. The first-order valence-electron chi connectivity index (χ1n) is 9.71. The molecule has 3 fully saturated rings. The Morgan fingerprint density at radius 2 is 1.81 bits per heavy atom. The third-order valence-corrected chi connectivity index (χ3v) is 6.93. The molecule has 3 aliphatic carbocycles. The Balaban J connectivity index is 1.39. The van der Waals surface area contributed by atoms with E-state index in [1.807, 2.05) is 0 Å². The summed E-state index contributed by atoms with van der Waals surface area (Å²) in [7, 11) is 0. The summed E-state index contributed by atoms with van der Waals surface area (Å²) in [6.45, 7) is 10.7. The average Bonchev–Trinajstić information content (AvgIpc) is 3.15. The molecule has 6 unspecified atom stereocenters. The van der Waals surface area contributed by atoms with Crippen molar-refractivity contribution >= 4 is 0 Å². The van der Waals surface area contributed by atoms with Gasteiger partial charge in [0, 0.05) is 12.1 Å². The van der Waals surface area contributed by atoms with E-state index in [2.05, 4.69) is 31.0 Å². The number of fused-ring (bicyclic) bond motifs is 5. The normalized spacial score (nSPS) is 39.1. The molecule has 0 aromatic rings. The van der Waals surface area contributed by atoms with Crippen molar-refractivity contribution in [2.45, 2.75) is 77.8 Å². The lowest BCUT2D eigenvalue weighted by Gasteiger charge is -2.34. The highest BCUT2D eigenvalue weighted by Gasteiger charge is 2.53. The third-order valence-electron chi connectivity index (χ3n) is 6.93. The first kappa shape index (κ1) is 15.8. The minimum Gasteiger partial charge on any atom is -0.311 e. The Morgan fingerprint density at radius 1 is 1.05 bits per heavy atom. The van der Waals surface area contributed by atoms with Crippen LogP contribution in [-0.2, 0) is 0 Å². The lowest BCUT2D eigenvalue weighted by Crippen LogP contribution is -2.43. The van der Waals surface area contributed by atoms with Crippen LogP contribution in [0.2, 0.25) is 0 Å². The van der Waals surface area contributed by atoms with E-state index in [1.54, 1.807) is 19.3 Å². The lowest BCUT2D eigenvalue weighted by molar-refractivity contribution is 0.196. The summed E-state index contributed by atoms with van der Waals surface area (Å²) < 4.78 is 0. The molecule has 2 bridgehead atoms. The zero-order valence-electron chi connectivity index (χ0n) is 14.5. The third kappa shape index (κ3) is 3.32. The van der Waals surface area contributed by atoms with Gasteiger partial charge >= 0.3 is 0 Å². The molecule has 0 aromatic carbocycles. The van der Waals surface area contributed by atoms with Gasteiger partial charge in [-0.05, 0) is 88.8 Å². The maximum atomic E-state index is 4.01. The molecule has 0 aliphatic heterocycles. The maximum Gasteiger partial charge on any atom is 0.0103 e. The van der Waals surface area contributed by atoms with E-state index in [-0.39, 0.29) is 0 Å². The van der Waals surface area contributed by atoms with Gasteiger partial charge in [-0.1, -0.05) is 20.3 Å². The molecule has 3 aliphatic rings. The molecule has 3 rings (SSSR count). The van der Waals surface area contributed by atoms with Gasteiger partial charge in [0.15, 0.2) is 0 Å². The molecule has 122 valence electrons. The van der Waals surface area contributed by atoms with Gasteiger partial charge in [-0.3, -0.25) is 0 Å². The Labute approximate surface area is 132 Å². The molecule has 0 aromatic heterocycles. The Bertz CT molecular complexity index is 326. The van der Waals surface area contributed by atoms with Crippen LogP contribution in [0, 0.1) is 23.7 Å². The first-order valence-corrected chi connectivity index (χ1v) is 9.71. The van der Waals surface area contributed by atoms with Gasteiger partial charge in [-0.15, -0.1) is 0 Å². The monoisotopic (exact) mass is 292 g/mol. The minimum atomic E-state index is 0.713. The maximum absolute atomic E-state index is 4.01. The van der Waals surface area contributed by atoms with Gasteiger partial charge in [-0.2, -0.15) is 0 Å². The van der Waals surface area contributed by atoms with Crippen molar-refractivity contribution in [1.29, 1.82) is 0 Å². The van der Waals surface area contributed by atoms with Gasteiger partial charge in [0.2, 0.25) is 0 Å². The summed E-state index contributed by atoms with van der Waals surface area (Å²) in [5.41, 5.74) is 0. The van der Waals surface area contributed by atoms with Crippen molar-refractivity contribution in [3.05, 3.63) is 0 Å². The van der Waals surface area contributed by atoms with Crippen molar-refractivity contribution in [3.8, 4) is 0 Å². The molecular weight excluding hydrogens is 256 g/mol. The van der Waals surface area contributed by atoms with E-state index in [9.17, 15) is 0 Å². The molecule has 0 spiro atoms. The predicted octanol–water partition coefficient (Wildman–Crippen LogP) is 3.91. The topological polar surface area (TPSA) is 15.3 Å². The van der Waals surface area contributed by atoms with Gasteiger partial charge < -0.3 is 10.2 Å². The fourth-order valence-electron chi connectivity index (χ4n) is 5.87. The van der Waals surface area contributed by atoms with Crippen LogP contribution in [0.4, 0.5) is 0 Å². The zero-order chi connectivity index (χ0) is 14.8. The van der Waals surface area contributed by atoms with Gasteiger partial charge in [0.05, 0.1) is 0 Å². The Hall–Kier alpha value is -0.0800. The number of hydrogen-bond donors (Lipinski definition) is 1. The van der Waals surface area contributed by atoms with E-state index < -0.39 is 0 Å². The second-order valence-electron chi connectivity index (χ2n) is 8.00. The highest BCUT2D eigenvalue weighted by Crippen LogP contribution is 2.58. The summed E-state index contributed by atoms with van der Waals surface area (Å²) in [5.74, 6) is 4.35. The van der Waals surface area contributed by atoms with Crippen LogP contribution in [0.1, 0.15) is 65.7 Å². The van der Waals surface area contributed by atoms with E-state index in [1.165, 1.54) is 45.3 Å². The largest absolute Gasteiger partial charge is 0.311 e. The van der Waals surface area contributed by atoms with Crippen molar-refractivity contribution in [2.75, 3.05) is 19.6 Å². The number of nitrogens with zero attached hydrogens (tertiary/aromatic N) is 1. The van der Waals surface area contributed by atoms with Crippen LogP contribution in [0.15, 0.2) is 0 Å². The molecule has 3 saturated carbocycles. The first-order chi connectivity index (χ1) is 10.2. The number of rotatable bonds is 8. The second kappa shape index (κ2) is 7.00. The van der Waals surface area contributed by atoms with Crippen molar-refractivity contribution in [2.24, 2.45) is 23.7 Å². The van der Waals surface area contributed by atoms with E-state index in [0.717, 1.165) is 29.7 Å². The summed E-state index contributed by atoms with van der Waals surface area (Å²) in [4.78, 5) is 2.55. The van der Waals surface area contributed by atoms with E-state index in [0.29, 0.717) is 6.04 Å². The molecule has 6 atom stereocenters. The van der Waals surface area contributed by atoms with Crippen molar-refractivity contribution in [3.63, 3.8) is 0 Å². The SMILES string of the molecule is CCN(CC)CCCC(C)NC1CC2CC1C1CCCC21. The lowest BCUT2D eigenvalue weighted by atomic mass is 9.79. The summed E-state index contributed by atoms with van der Waals surface area (Å²) in [6.07, 6.45) is 10.4. The summed E-state index contributed by atoms with van der Waals surface area (Å²) >= 11 is 0. The second-order valence-corrected chi connectivity index (χ2v) is 8.00. The van der Waals surface area contributed by atoms with Gasteiger partial charge in [0.1, 0.15) is 0 Å². The highest BCUT2D eigenvalue weighted by atomic mass is 15.1. The van der Waals surface area contributed by atoms with Crippen molar-refractivity contribution in [1.82, 2.24) is 10.2 Å². The Morgan fingerprint density at radius 3 is 2.57 bits per heavy atom. The molecule has 0 radical (unpaired) electrons. The molecule has 21 heavy (non-hydrogen) atoms. The van der Waals surface area contributed by atoms with E-state index >= 15 is 0 Å². The molecule has 1 N–H and O–H groups in total.